The van der Waals surface area contributed by atoms with Gasteiger partial charge in [-0.1, -0.05) is 19.1 Å². The summed E-state index contributed by atoms with van der Waals surface area (Å²) in [5, 5.41) is 3.63. The van der Waals surface area contributed by atoms with Gasteiger partial charge in [0.25, 0.3) is 0 Å². The Bertz CT molecular complexity index is 348. The Morgan fingerprint density at radius 2 is 1.72 bits per heavy atom. The highest BCUT2D eigenvalue weighted by atomic mass is 15.1. The lowest BCUT2D eigenvalue weighted by Gasteiger charge is -2.33. The first-order valence-electron chi connectivity index (χ1n) is 7.30. The molecule has 0 spiro atoms. The molecule has 1 aliphatic carbocycles. The molecule has 0 aromatic heterocycles. The topological polar surface area (TPSA) is 15.3 Å². The van der Waals surface area contributed by atoms with Gasteiger partial charge in [0, 0.05) is 31.4 Å². The van der Waals surface area contributed by atoms with Gasteiger partial charge in [0.2, 0.25) is 0 Å². The van der Waals surface area contributed by atoms with E-state index in [0.29, 0.717) is 0 Å². The maximum Gasteiger partial charge on any atom is 0.0366 e. The van der Waals surface area contributed by atoms with Crippen molar-refractivity contribution in [1.29, 1.82) is 0 Å². The molecule has 0 unspecified atom stereocenters. The quantitative estimate of drug-likeness (QED) is 0.827. The van der Waals surface area contributed by atoms with Crippen molar-refractivity contribution in [3.05, 3.63) is 29.8 Å². The number of hydrogen-bond donors (Lipinski definition) is 1. The largest absolute Gasteiger partial charge is 0.372 e. The van der Waals surface area contributed by atoms with Gasteiger partial charge in [0.15, 0.2) is 0 Å². The summed E-state index contributed by atoms with van der Waals surface area (Å²) in [6.45, 7) is 9.91. The molecule has 1 aromatic rings. The van der Waals surface area contributed by atoms with Crippen LogP contribution < -0.4 is 10.2 Å². The fraction of sp³-hybridized carbons (Fsp3) is 0.625. The third-order valence-electron chi connectivity index (χ3n) is 4.03. The van der Waals surface area contributed by atoms with Crippen LogP contribution in [0.3, 0.4) is 0 Å². The lowest BCUT2D eigenvalue weighted by atomic mass is 9.82. The van der Waals surface area contributed by atoms with E-state index in [4.69, 9.17) is 0 Å². The van der Waals surface area contributed by atoms with Crippen molar-refractivity contribution in [2.75, 3.05) is 18.0 Å². The molecule has 1 saturated carbocycles. The second-order valence-corrected chi connectivity index (χ2v) is 5.49. The Morgan fingerprint density at radius 3 is 2.22 bits per heavy atom. The Labute approximate surface area is 111 Å². The zero-order valence-corrected chi connectivity index (χ0v) is 11.9. The van der Waals surface area contributed by atoms with Gasteiger partial charge in [-0.05, 0) is 50.3 Å². The molecule has 1 N–H and O–H groups in total. The smallest absolute Gasteiger partial charge is 0.0366 e. The van der Waals surface area contributed by atoms with Crippen LogP contribution in [-0.2, 0) is 6.54 Å². The van der Waals surface area contributed by atoms with E-state index in [9.17, 15) is 0 Å². The second-order valence-electron chi connectivity index (χ2n) is 5.49. The molecule has 1 aromatic carbocycles. The van der Waals surface area contributed by atoms with E-state index < -0.39 is 0 Å². The van der Waals surface area contributed by atoms with E-state index in [2.05, 4.69) is 55.3 Å². The predicted octanol–water partition coefficient (Wildman–Crippen LogP) is 3.42. The zero-order chi connectivity index (χ0) is 13.0. The van der Waals surface area contributed by atoms with E-state index >= 15 is 0 Å². The molecule has 2 rings (SSSR count). The van der Waals surface area contributed by atoms with Crippen LogP contribution in [0.25, 0.3) is 0 Å². The molecule has 1 aliphatic rings. The fourth-order valence-corrected chi connectivity index (χ4v) is 2.74. The first kappa shape index (κ1) is 13.4. The van der Waals surface area contributed by atoms with Crippen LogP contribution in [0.5, 0.6) is 0 Å². The molecule has 0 radical (unpaired) electrons. The lowest BCUT2D eigenvalue weighted by Crippen LogP contribution is -2.39. The number of nitrogens with zero attached hydrogens (tertiary/aromatic N) is 1. The van der Waals surface area contributed by atoms with Gasteiger partial charge in [0.05, 0.1) is 0 Å². The van der Waals surface area contributed by atoms with Crippen molar-refractivity contribution in [2.45, 2.75) is 46.2 Å². The average Bonchev–Trinajstić information content (AvgIpc) is 2.36. The standard InChI is InChI=1S/C16H26N2/c1-4-18(5-2)16-8-6-14(7-9-16)12-17-15-10-13(3)11-15/h6-9,13,15,17H,4-5,10-12H2,1-3H3. The van der Waals surface area contributed by atoms with Crippen molar-refractivity contribution in [3.63, 3.8) is 0 Å². The Morgan fingerprint density at radius 1 is 1.11 bits per heavy atom. The third-order valence-corrected chi connectivity index (χ3v) is 4.03. The molecule has 0 bridgehead atoms. The van der Waals surface area contributed by atoms with Crippen LogP contribution in [0.1, 0.15) is 39.2 Å². The molecule has 18 heavy (non-hydrogen) atoms. The molecule has 1 fully saturated rings. The minimum atomic E-state index is 0.752. The van der Waals surface area contributed by atoms with Crippen molar-refractivity contribution >= 4 is 5.69 Å². The van der Waals surface area contributed by atoms with Crippen LogP contribution in [0.15, 0.2) is 24.3 Å². The van der Waals surface area contributed by atoms with E-state index in [0.717, 1.165) is 31.6 Å². The fourth-order valence-electron chi connectivity index (χ4n) is 2.74. The molecule has 2 heteroatoms. The summed E-state index contributed by atoms with van der Waals surface area (Å²) in [6, 6.07) is 9.74. The van der Waals surface area contributed by atoms with Crippen LogP contribution in [0.2, 0.25) is 0 Å². The third kappa shape index (κ3) is 3.26. The normalized spacial score (nSPS) is 22.6. The van der Waals surface area contributed by atoms with E-state index in [1.165, 1.54) is 24.1 Å². The molecule has 0 atom stereocenters. The number of rotatable bonds is 6. The van der Waals surface area contributed by atoms with E-state index in [1.54, 1.807) is 0 Å². The van der Waals surface area contributed by atoms with E-state index in [1.807, 2.05) is 0 Å². The number of nitrogens with one attached hydrogen (secondary N) is 1. The van der Waals surface area contributed by atoms with E-state index in [-0.39, 0.29) is 0 Å². The van der Waals surface area contributed by atoms with Gasteiger partial charge in [-0.3, -0.25) is 0 Å². The minimum absolute atomic E-state index is 0.752. The van der Waals surface area contributed by atoms with Gasteiger partial charge in [-0.2, -0.15) is 0 Å². The number of benzene rings is 1. The maximum atomic E-state index is 3.63. The summed E-state index contributed by atoms with van der Waals surface area (Å²) in [6.07, 6.45) is 2.69. The number of hydrogen-bond acceptors (Lipinski definition) is 2. The molecular weight excluding hydrogens is 220 g/mol. The van der Waals surface area contributed by atoms with Crippen LogP contribution in [-0.4, -0.2) is 19.1 Å². The highest BCUT2D eigenvalue weighted by Crippen LogP contribution is 2.26. The highest BCUT2D eigenvalue weighted by Gasteiger charge is 2.24. The van der Waals surface area contributed by atoms with Gasteiger partial charge >= 0.3 is 0 Å². The van der Waals surface area contributed by atoms with Crippen LogP contribution in [0.4, 0.5) is 5.69 Å². The van der Waals surface area contributed by atoms with Gasteiger partial charge < -0.3 is 10.2 Å². The molecule has 100 valence electrons. The highest BCUT2D eigenvalue weighted by molar-refractivity contribution is 5.47. The van der Waals surface area contributed by atoms with Crippen molar-refractivity contribution < 1.29 is 0 Å². The molecule has 2 nitrogen and oxygen atoms in total. The second kappa shape index (κ2) is 6.24. The first-order chi connectivity index (χ1) is 8.72. The zero-order valence-electron chi connectivity index (χ0n) is 11.9. The molecule has 0 saturated heterocycles. The van der Waals surface area contributed by atoms with Gasteiger partial charge in [-0.25, -0.2) is 0 Å². The Kier molecular flexibility index (Phi) is 4.65. The Balaban J connectivity index is 1.83. The van der Waals surface area contributed by atoms with Gasteiger partial charge in [-0.15, -0.1) is 0 Å². The summed E-state index contributed by atoms with van der Waals surface area (Å²) in [4.78, 5) is 2.38. The van der Waals surface area contributed by atoms with Crippen molar-refractivity contribution in [3.8, 4) is 0 Å². The molecular formula is C16H26N2. The van der Waals surface area contributed by atoms with Gasteiger partial charge in [0.1, 0.15) is 0 Å². The predicted molar refractivity (Wildman–Crippen MR) is 79.0 cm³/mol. The first-order valence-corrected chi connectivity index (χ1v) is 7.30. The summed E-state index contributed by atoms with van der Waals surface area (Å²) in [5.41, 5.74) is 2.73. The molecule has 0 heterocycles. The van der Waals surface area contributed by atoms with Crippen LogP contribution >= 0.6 is 0 Å². The summed E-state index contributed by atoms with van der Waals surface area (Å²) < 4.78 is 0. The average molecular weight is 246 g/mol. The van der Waals surface area contributed by atoms with Crippen LogP contribution in [0, 0.1) is 5.92 Å². The summed E-state index contributed by atoms with van der Waals surface area (Å²) >= 11 is 0. The van der Waals surface area contributed by atoms with Crippen molar-refractivity contribution in [1.82, 2.24) is 5.32 Å². The number of anilines is 1. The Hall–Kier alpha value is -1.02. The minimum Gasteiger partial charge on any atom is -0.372 e. The lowest BCUT2D eigenvalue weighted by molar-refractivity contribution is 0.240. The molecule has 0 aliphatic heterocycles. The SMILES string of the molecule is CCN(CC)c1ccc(CNC2CC(C)C2)cc1. The maximum absolute atomic E-state index is 3.63. The summed E-state index contributed by atoms with van der Waals surface area (Å²) in [7, 11) is 0. The molecule has 0 amide bonds. The van der Waals surface area contributed by atoms with Crippen molar-refractivity contribution in [2.24, 2.45) is 5.92 Å². The monoisotopic (exact) mass is 246 g/mol. The summed E-state index contributed by atoms with van der Waals surface area (Å²) in [5.74, 6) is 0.924.